The van der Waals surface area contributed by atoms with Gasteiger partial charge in [0.2, 0.25) is 15.9 Å². The van der Waals surface area contributed by atoms with Crippen LogP contribution >= 0.6 is 22.9 Å². The van der Waals surface area contributed by atoms with E-state index >= 15 is 0 Å². The van der Waals surface area contributed by atoms with E-state index < -0.39 is 16.1 Å². The van der Waals surface area contributed by atoms with Gasteiger partial charge >= 0.3 is 0 Å². The summed E-state index contributed by atoms with van der Waals surface area (Å²) in [5, 5.41) is 1.29. The third-order valence-corrected chi connectivity index (χ3v) is 8.19. The number of sulfonamides is 1. The van der Waals surface area contributed by atoms with E-state index in [1.54, 1.807) is 35.4 Å². The highest BCUT2D eigenvalue weighted by Gasteiger charge is 2.40. The first kappa shape index (κ1) is 20.3. The molecule has 1 amide bonds. The highest BCUT2D eigenvalue weighted by molar-refractivity contribution is 7.89. The first-order valence-electron chi connectivity index (χ1n) is 9.23. The van der Waals surface area contributed by atoms with Gasteiger partial charge in [0.15, 0.2) is 0 Å². The van der Waals surface area contributed by atoms with Crippen LogP contribution in [-0.4, -0.2) is 48.1 Å². The van der Waals surface area contributed by atoms with Crippen molar-refractivity contribution >= 4 is 49.1 Å². The minimum Gasteiger partial charge on any atom is -0.338 e. The maximum absolute atomic E-state index is 13.1. The molecule has 0 radical (unpaired) electrons. The number of nitrogens with zero attached hydrogens (tertiary/aromatic N) is 3. The average Bonchev–Trinajstić information content (AvgIpc) is 3.34. The number of para-hydroxylation sites is 1. The largest absolute Gasteiger partial charge is 0.338 e. The summed E-state index contributed by atoms with van der Waals surface area (Å²) in [6.45, 7) is 0.680. The van der Waals surface area contributed by atoms with Gasteiger partial charge in [0.05, 0.1) is 21.7 Å². The maximum atomic E-state index is 13.1. The van der Waals surface area contributed by atoms with Gasteiger partial charge in [0.1, 0.15) is 11.0 Å². The van der Waals surface area contributed by atoms with Crippen molar-refractivity contribution in [1.29, 1.82) is 0 Å². The van der Waals surface area contributed by atoms with E-state index in [0.29, 0.717) is 31.0 Å². The summed E-state index contributed by atoms with van der Waals surface area (Å²) < 4.78 is 28.5. The molecule has 2 aromatic carbocycles. The van der Waals surface area contributed by atoms with Gasteiger partial charge in [-0.25, -0.2) is 13.4 Å². The molecule has 1 saturated heterocycles. The van der Waals surface area contributed by atoms with Crippen LogP contribution < -0.4 is 0 Å². The van der Waals surface area contributed by atoms with E-state index in [2.05, 4.69) is 4.98 Å². The lowest BCUT2D eigenvalue weighted by Gasteiger charge is -2.27. The van der Waals surface area contributed by atoms with E-state index in [-0.39, 0.29) is 10.8 Å². The minimum absolute atomic E-state index is 0.149. The number of likely N-dealkylation sites (N-methyl/N-ethyl adjacent to an activating group) is 1. The zero-order valence-electron chi connectivity index (χ0n) is 15.8. The van der Waals surface area contributed by atoms with Crippen molar-refractivity contribution in [2.75, 3.05) is 13.6 Å². The first-order valence-corrected chi connectivity index (χ1v) is 11.9. The zero-order chi connectivity index (χ0) is 20.6. The fourth-order valence-corrected chi connectivity index (χ4v) is 6.34. The smallest absolute Gasteiger partial charge is 0.243 e. The quantitative estimate of drug-likeness (QED) is 0.594. The molecule has 1 atom stereocenters. The van der Waals surface area contributed by atoms with Crippen LogP contribution in [0, 0.1) is 0 Å². The average molecular weight is 450 g/mol. The van der Waals surface area contributed by atoms with Gasteiger partial charge < -0.3 is 4.90 Å². The Morgan fingerprint density at radius 1 is 1.24 bits per heavy atom. The summed E-state index contributed by atoms with van der Waals surface area (Å²) in [5.74, 6) is -0.209. The van der Waals surface area contributed by atoms with Crippen molar-refractivity contribution in [1.82, 2.24) is 14.2 Å². The lowest BCUT2D eigenvalue weighted by atomic mass is 10.2. The van der Waals surface area contributed by atoms with Crippen LogP contribution in [0.4, 0.5) is 0 Å². The van der Waals surface area contributed by atoms with Crippen molar-refractivity contribution in [3.8, 4) is 0 Å². The molecule has 3 aromatic rings. The van der Waals surface area contributed by atoms with Crippen LogP contribution in [-0.2, 0) is 21.4 Å². The summed E-state index contributed by atoms with van der Waals surface area (Å²) in [6, 6.07) is 13.2. The zero-order valence-corrected chi connectivity index (χ0v) is 18.2. The second kappa shape index (κ2) is 8.02. The number of benzene rings is 2. The Morgan fingerprint density at radius 2 is 1.97 bits per heavy atom. The van der Waals surface area contributed by atoms with Crippen LogP contribution in [0.5, 0.6) is 0 Å². The number of carbonyl (C=O) groups excluding carboxylic acids is 1. The molecule has 6 nitrogen and oxygen atoms in total. The van der Waals surface area contributed by atoms with E-state index in [1.165, 1.54) is 16.4 Å². The lowest BCUT2D eigenvalue weighted by Crippen LogP contribution is -2.46. The number of aromatic nitrogens is 1. The number of amides is 1. The predicted molar refractivity (Wildman–Crippen MR) is 114 cm³/mol. The number of hydrogen-bond acceptors (Lipinski definition) is 5. The molecule has 1 aromatic heterocycles. The van der Waals surface area contributed by atoms with Gasteiger partial charge in [0.25, 0.3) is 0 Å². The van der Waals surface area contributed by atoms with Gasteiger partial charge in [-0.1, -0.05) is 23.7 Å². The minimum atomic E-state index is -3.76. The number of carbonyl (C=O) groups is 1. The molecule has 0 aliphatic carbocycles. The second-order valence-corrected chi connectivity index (χ2v) is 10.4. The Bertz CT molecular complexity index is 1110. The van der Waals surface area contributed by atoms with Crippen LogP contribution in [0.15, 0.2) is 53.4 Å². The molecule has 4 rings (SSSR count). The van der Waals surface area contributed by atoms with Crippen molar-refractivity contribution in [3.63, 3.8) is 0 Å². The number of rotatable bonds is 5. The Hall–Kier alpha value is -2.00. The highest BCUT2D eigenvalue weighted by atomic mass is 35.5. The number of fused-ring (bicyclic) bond motifs is 1. The van der Waals surface area contributed by atoms with Crippen LogP contribution in [0.25, 0.3) is 10.2 Å². The van der Waals surface area contributed by atoms with E-state index in [0.717, 1.165) is 15.2 Å². The standard InChI is InChI=1S/C20H20ClN3O3S2/c1-23(13-19-22-16-5-2-3-7-18(16)28-19)20(25)17-6-4-12-24(17)29(26,27)15-10-8-14(21)9-11-15/h2-3,5,7-11,17H,4,6,12-13H2,1H3/t17-/m0/s1. The molecule has 1 aliphatic heterocycles. The van der Waals surface area contributed by atoms with Gasteiger partial charge in [-0.3, -0.25) is 4.79 Å². The topological polar surface area (TPSA) is 70.6 Å². The molecule has 9 heteroatoms. The first-order chi connectivity index (χ1) is 13.9. The molecule has 1 fully saturated rings. The molecule has 29 heavy (non-hydrogen) atoms. The van der Waals surface area contributed by atoms with Gasteiger partial charge in [-0.2, -0.15) is 4.31 Å². The van der Waals surface area contributed by atoms with E-state index in [1.807, 2.05) is 24.3 Å². The molecule has 0 N–H and O–H groups in total. The van der Waals surface area contributed by atoms with Crippen molar-refractivity contribution in [3.05, 3.63) is 58.6 Å². The van der Waals surface area contributed by atoms with Crippen molar-refractivity contribution in [2.24, 2.45) is 0 Å². The molecule has 0 unspecified atom stereocenters. The van der Waals surface area contributed by atoms with Crippen molar-refractivity contribution < 1.29 is 13.2 Å². The molecule has 0 spiro atoms. The van der Waals surface area contributed by atoms with Crippen LogP contribution in [0.3, 0.4) is 0 Å². The molecular weight excluding hydrogens is 430 g/mol. The van der Waals surface area contributed by atoms with Gasteiger partial charge in [0, 0.05) is 18.6 Å². The predicted octanol–water partition coefficient (Wildman–Crippen LogP) is 3.76. The number of halogens is 1. The number of thiazole rings is 1. The maximum Gasteiger partial charge on any atom is 0.243 e. The third-order valence-electron chi connectivity index (χ3n) is 5.00. The normalized spacial score (nSPS) is 17.7. The monoisotopic (exact) mass is 449 g/mol. The summed E-state index contributed by atoms with van der Waals surface area (Å²) in [6.07, 6.45) is 1.16. The third kappa shape index (κ3) is 4.02. The Morgan fingerprint density at radius 3 is 2.69 bits per heavy atom. The molecule has 0 bridgehead atoms. The Balaban J connectivity index is 1.52. The van der Waals surface area contributed by atoms with Gasteiger partial charge in [-0.15, -0.1) is 11.3 Å². The molecule has 0 saturated carbocycles. The summed E-state index contributed by atoms with van der Waals surface area (Å²) >= 11 is 7.42. The van der Waals surface area contributed by atoms with Crippen LogP contribution in [0.2, 0.25) is 5.02 Å². The SMILES string of the molecule is CN(Cc1nc2ccccc2s1)C(=O)[C@@H]1CCCN1S(=O)(=O)c1ccc(Cl)cc1. The molecule has 152 valence electrons. The summed E-state index contributed by atoms with van der Waals surface area (Å²) in [5.41, 5.74) is 0.904. The molecular formula is C20H20ClN3O3S2. The highest BCUT2D eigenvalue weighted by Crippen LogP contribution is 2.29. The fraction of sp³-hybridized carbons (Fsp3) is 0.300. The van der Waals surface area contributed by atoms with E-state index in [4.69, 9.17) is 11.6 Å². The summed E-state index contributed by atoms with van der Waals surface area (Å²) in [4.78, 5) is 19.4. The Kier molecular flexibility index (Phi) is 5.61. The van der Waals surface area contributed by atoms with Gasteiger partial charge in [-0.05, 0) is 49.2 Å². The molecule has 1 aliphatic rings. The van der Waals surface area contributed by atoms with Crippen LogP contribution in [0.1, 0.15) is 17.8 Å². The summed E-state index contributed by atoms with van der Waals surface area (Å²) in [7, 11) is -2.07. The van der Waals surface area contributed by atoms with Crippen molar-refractivity contribution in [2.45, 2.75) is 30.3 Å². The molecule has 2 heterocycles. The van der Waals surface area contributed by atoms with E-state index in [9.17, 15) is 13.2 Å². The number of hydrogen-bond donors (Lipinski definition) is 0. The lowest BCUT2D eigenvalue weighted by molar-refractivity contribution is -0.133. The Labute approximate surface area is 178 Å². The fourth-order valence-electron chi connectivity index (χ4n) is 3.54. The second-order valence-electron chi connectivity index (χ2n) is 7.00.